The van der Waals surface area contributed by atoms with Crippen LogP contribution >= 0.6 is 0 Å². The summed E-state index contributed by atoms with van der Waals surface area (Å²) in [6.07, 6.45) is 2.79. The molecule has 1 aliphatic heterocycles. The number of hydrogen-bond donors (Lipinski definition) is 1. The summed E-state index contributed by atoms with van der Waals surface area (Å²) in [5, 5.41) is 0. The van der Waals surface area contributed by atoms with Gasteiger partial charge >= 0.3 is 0 Å². The van der Waals surface area contributed by atoms with Crippen molar-refractivity contribution in [3.05, 3.63) is 24.3 Å². The number of ether oxygens (including phenoxy) is 2. The van der Waals surface area contributed by atoms with Gasteiger partial charge in [-0.2, -0.15) is 0 Å². The van der Waals surface area contributed by atoms with E-state index in [0.717, 1.165) is 37.7 Å². The number of anilines is 1. The molecule has 106 valence electrons. The minimum absolute atomic E-state index is 0.410. The molecule has 0 amide bonds. The van der Waals surface area contributed by atoms with Crippen molar-refractivity contribution in [2.24, 2.45) is 0 Å². The maximum atomic E-state index is 5.72. The quantitative estimate of drug-likeness (QED) is 0.767. The Hall–Kier alpha value is -1.26. The van der Waals surface area contributed by atoms with Crippen molar-refractivity contribution < 1.29 is 9.47 Å². The molecule has 2 rings (SSSR count). The first-order valence-electron chi connectivity index (χ1n) is 7.10. The fraction of sp³-hybridized carbons (Fsp3) is 0.600. The van der Waals surface area contributed by atoms with E-state index in [4.69, 9.17) is 15.2 Å². The minimum Gasteiger partial charge on any atom is -0.492 e. The van der Waals surface area contributed by atoms with Gasteiger partial charge in [-0.3, -0.25) is 4.90 Å². The van der Waals surface area contributed by atoms with Crippen molar-refractivity contribution >= 4 is 5.69 Å². The monoisotopic (exact) mass is 264 g/mol. The highest BCUT2D eigenvalue weighted by Crippen LogP contribution is 2.15. The smallest absolute Gasteiger partial charge is 0.121 e. The van der Waals surface area contributed by atoms with Crippen LogP contribution in [-0.4, -0.2) is 43.9 Å². The molecule has 0 spiro atoms. The highest BCUT2D eigenvalue weighted by Gasteiger charge is 2.18. The van der Waals surface area contributed by atoms with Crippen molar-refractivity contribution in [3.63, 3.8) is 0 Å². The van der Waals surface area contributed by atoms with E-state index in [1.54, 1.807) is 0 Å². The summed E-state index contributed by atoms with van der Waals surface area (Å²) < 4.78 is 11.4. The molecule has 0 bridgehead atoms. The minimum atomic E-state index is 0.410. The van der Waals surface area contributed by atoms with E-state index >= 15 is 0 Å². The summed E-state index contributed by atoms with van der Waals surface area (Å²) in [6, 6.07) is 7.57. The third-order valence-corrected chi connectivity index (χ3v) is 3.47. The molecule has 1 aromatic carbocycles. The summed E-state index contributed by atoms with van der Waals surface area (Å²) in [6.45, 7) is 6.74. The maximum absolute atomic E-state index is 5.72. The van der Waals surface area contributed by atoms with E-state index in [-0.39, 0.29) is 0 Å². The topological polar surface area (TPSA) is 47.7 Å². The zero-order chi connectivity index (χ0) is 13.5. The molecular formula is C15H24N2O2. The van der Waals surface area contributed by atoms with E-state index in [1.807, 2.05) is 24.3 Å². The van der Waals surface area contributed by atoms with Crippen LogP contribution < -0.4 is 10.5 Å². The Balaban J connectivity index is 1.70. The Morgan fingerprint density at radius 3 is 3.05 bits per heavy atom. The van der Waals surface area contributed by atoms with Gasteiger partial charge in [-0.25, -0.2) is 0 Å². The second-order valence-corrected chi connectivity index (χ2v) is 4.95. The van der Waals surface area contributed by atoms with Crippen LogP contribution in [0.3, 0.4) is 0 Å². The van der Waals surface area contributed by atoms with Crippen LogP contribution in [0, 0.1) is 0 Å². The van der Waals surface area contributed by atoms with Crippen LogP contribution in [0.4, 0.5) is 5.69 Å². The fourth-order valence-electron chi connectivity index (χ4n) is 2.35. The Morgan fingerprint density at radius 1 is 1.47 bits per heavy atom. The number of likely N-dealkylation sites (N-methyl/N-ethyl adjacent to an activating group) is 1. The number of nitrogens with two attached hydrogens (primary N) is 1. The first-order valence-corrected chi connectivity index (χ1v) is 7.10. The highest BCUT2D eigenvalue weighted by atomic mass is 16.5. The molecular weight excluding hydrogens is 240 g/mol. The summed E-state index contributed by atoms with van der Waals surface area (Å²) in [7, 11) is 0. The van der Waals surface area contributed by atoms with Crippen LogP contribution in [0.25, 0.3) is 0 Å². The van der Waals surface area contributed by atoms with E-state index in [1.165, 1.54) is 12.8 Å². The van der Waals surface area contributed by atoms with Crippen molar-refractivity contribution in [3.8, 4) is 5.75 Å². The average Bonchev–Trinajstić information content (AvgIpc) is 2.90. The molecule has 1 aliphatic rings. The molecule has 0 radical (unpaired) electrons. The van der Waals surface area contributed by atoms with Crippen LogP contribution in [0.1, 0.15) is 19.8 Å². The number of nitrogen functional groups attached to an aromatic ring is 1. The van der Waals surface area contributed by atoms with Gasteiger partial charge in [0.15, 0.2) is 0 Å². The van der Waals surface area contributed by atoms with Crippen LogP contribution in [0.5, 0.6) is 5.75 Å². The lowest BCUT2D eigenvalue weighted by Crippen LogP contribution is -2.35. The van der Waals surface area contributed by atoms with Gasteiger partial charge in [0.1, 0.15) is 12.4 Å². The molecule has 4 heteroatoms. The third-order valence-electron chi connectivity index (χ3n) is 3.47. The van der Waals surface area contributed by atoms with Gasteiger partial charge < -0.3 is 15.2 Å². The summed E-state index contributed by atoms with van der Waals surface area (Å²) >= 11 is 0. The van der Waals surface area contributed by atoms with Gasteiger partial charge in [0, 0.05) is 31.5 Å². The molecule has 1 unspecified atom stereocenters. The zero-order valence-electron chi connectivity index (χ0n) is 11.7. The standard InChI is InChI=1S/C15H24N2O2/c1-2-17(12-15-7-4-9-18-15)8-10-19-14-6-3-5-13(16)11-14/h3,5-6,11,15H,2,4,7-10,12,16H2,1H3. The first kappa shape index (κ1) is 14.2. The molecule has 1 aromatic rings. The molecule has 0 saturated carbocycles. The first-order chi connectivity index (χ1) is 9.28. The lowest BCUT2D eigenvalue weighted by molar-refractivity contribution is 0.0701. The second kappa shape index (κ2) is 7.36. The highest BCUT2D eigenvalue weighted by molar-refractivity contribution is 5.43. The third kappa shape index (κ3) is 4.73. The van der Waals surface area contributed by atoms with E-state index in [0.29, 0.717) is 12.7 Å². The van der Waals surface area contributed by atoms with Crippen LogP contribution in [-0.2, 0) is 4.74 Å². The van der Waals surface area contributed by atoms with Crippen molar-refractivity contribution in [2.75, 3.05) is 38.6 Å². The van der Waals surface area contributed by atoms with E-state index in [2.05, 4.69) is 11.8 Å². The number of nitrogens with zero attached hydrogens (tertiary/aromatic N) is 1. The van der Waals surface area contributed by atoms with Gasteiger partial charge in [-0.15, -0.1) is 0 Å². The Morgan fingerprint density at radius 2 is 2.37 bits per heavy atom. The second-order valence-electron chi connectivity index (χ2n) is 4.95. The summed E-state index contributed by atoms with van der Waals surface area (Å²) in [4.78, 5) is 2.38. The molecule has 4 nitrogen and oxygen atoms in total. The van der Waals surface area contributed by atoms with Crippen molar-refractivity contribution in [1.29, 1.82) is 0 Å². The lowest BCUT2D eigenvalue weighted by Gasteiger charge is -2.23. The normalized spacial score (nSPS) is 18.9. The predicted molar refractivity (Wildman–Crippen MR) is 77.4 cm³/mol. The van der Waals surface area contributed by atoms with Crippen LogP contribution in [0.2, 0.25) is 0 Å². The Labute approximate surface area is 115 Å². The molecule has 2 N–H and O–H groups in total. The maximum Gasteiger partial charge on any atom is 0.121 e. The van der Waals surface area contributed by atoms with Crippen molar-refractivity contribution in [1.82, 2.24) is 4.90 Å². The van der Waals surface area contributed by atoms with E-state index in [9.17, 15) is 0 Å². The lowest BCUT2D eigenvalue weighted by atomic mass is 10.2. The number of rotatable bonds is 7. The molecule has 1 saturated heterocycles. The van der Waals surface area contributed by atoms with Crippen LogP contribution in [0.15, 0.2) is 24.3 Å². The predicted octanol–water partition coefficient (Wildman–Crippen LogP) is 2.15. The molecule has 19 heavy (non-hydrogen) atoms. The molecule has 1 atom stereocenters. The fourth-order valence-corrected chi connectivity index (χ4v) is 2.35. The SMILES string of the molecule is CCN(CCOc1cccc(N)c1)CC1CCCO1. The summed E-state index contributed by atoms with van der Waals surface area (Å²) in [5.74, 6) is 0.841. The average molecular weight is 264 g/mol. The van der Waals surface area contributed by atoms with Gasteiger partial charge in [0.2, 0.25) is 0 Å². The Kier molecular flexibility index (Phi) is 5.48. The molecule has 0 aliphatic carbocycles. The van der Waals surface area contributed by atoms with Gasteiger partial charge in [-0.05, 0) is 31.5 Å². The molecule has 0 aromatic heterocycles. The number of benzene rings is 1. The Bertz CT molecular complexity index is 378. The number of hydrogen-bond acceptors (Lipinski definition) is 4. The summed E-state index contributed by atoms with van der Waals surface area (Å²) in [5.41, 5.74) is 6.46. The van der Waals surface area contributed by atoms with Gasteiger partial charge in [0.25, 0.3) is 0 Å². The van der Waals surface area contributed by atoms with Crippen molar-refractivity contribution in [2.45, 2.75) is 25.9 Å². The molecule has 1 fully saturated rings. The zero-order valence-corrected chi connectivity index (χ0v) is 11.7. The largest absolute Gasteiger partial charge is 0.492 e. The molecule has 1 heterocycles. The van der Waals surface area contributed by atoms with Gasteiger partial charge in [-0.1, -0.05) is 13.0 Å². The van der Waals surface area contributed by atoms with E-state index < -0.39 is 0 Å². The van der Waals surface area contributed by atoms with Gasteiger partial charge in [0.05, 0.1) is 6.10 Å².